The van der Waals surface area contributed by atoms with E-state index >= 15 is 0 Å². The third kappa shape index (κ3) is 4.75. The molecule has 3 rings (SSSR count). The van der Waals surface area contributed by atoms with Gasteiger partial charge in [-0.2, -0.15) is 0 Å². The maximum Gasteiger partial charge on any atom is 0.222 e. The van der Waals surface area contributed by atoms with Crippen LogP contribution in [-0.4, -0.2) is 56.1 Å². The number of rotatable bonds is 7. The van der Waals surface area contributed by atoms with Gasteiger partial charge in [0.2, 0.25) is 5.91 Å². The van der Waals surface area contributed by atoms with Crippen LogP contribution < -0.4 is 9.47 Å². The molecule has 0 radical (unpaired) electrons. The van der Waals surface area contributed by atoms with Gasteiger partial charge < -0.3 is 14.4 Å². The Labute approximate surface area is 163 Å². The van der Waals surface area contributed by atoms with E-state index in [1.54, 1.807) is 14.2 Å². The molecule has 0 aliphatic carbocycles. The minimum Gasteiger partial charge on any atom is -0.493 e. The summed E-state index contributed by atoms with van der Waals surface area (Å²) >= 11 is 0. The summed E-state index contributed by atoms with van der Waals surface area (Å²) in [6.07, 6.45) is 6.38. The molecule has 1 aromatic carbocycles. The van der Waals surface area contributed by atoms with Crippen molar-refractivity contribution in [2.75, 3.05) is 40.4 Å². The molecule has 5 heteroatoms. The van der Waals surface area contributed by atoms with Crippen LogP contribution in [0.5, 0.6) is 11.5 Å². The maximum absolute atomic E-state index is 12.4. The van der Waals surface area contributed by atoms with Crippen LogP contribution in [0.3, 0.4) is 0 Å². The second kappa shape index (κ2) is 9.45. The van der Waals surface area contributed by atoms with Gasteiger partial charge in [-0.25, -0.2) is 0 Å². The van der Waals surface area contributed by atoms with Crippen LogP contribution in [0.1, 0.15) is 57.1 Å². The van der Waals surface area contributed by atoms with Crippen LogP contribution in [0.15, 0.2) is 18.2 Å². The number of methoxy groups -OCH3 is 2. The van der Waals surface area contributed by atoms with E-state index < -0.39 is 0 Å². The van der Waals surface area contributed by atoms with E-state index in [0.29, 0.717) is 17.9 Å². The Morgan fingerprint density at radius 3 is 2.33 bits per heavy atom. The first-order valence-corrected chi connectivity index (χ1v) is 10.4. The van der Waals surface area contributed by atoms with Gasteiger partial charge in [-0.05, 0) is 68.8 Å². The summed E-state index contributed by atoms with van der Waals surface area (Å²) in [7, 11) is 3.36. The normalized spacial score (nSPS) is 19.9. The standard InChI is InChI=1S/C22H34N2O3/c1-4-19(18-7-8-20(26-2)21(16-18)27-3)23-13-9-17(10-14-23)15-22(25)24-11-5-6-12-24/h7-8,16-17,19H,4-6,9-15H2,1-3H3/t19-/m0/s1. The molecule has 2 aliphatic rings. The summed E-state index contributed by atoms with van der Waals surface area (Å²) in [6.45, 7) is 6.30. The molecule has 0 aromatic heterocycles. The van der Waals surface area contributed by atoms with Crippen molar-refractivity contribution in [3.8, 4) is 11.5 Å². The molecular weight excluding hydrogens is 340 g/mol. The predicted molar refractivity (Wildman–Crippen MR) is 107 cm³/mol. The Hall–Kier alpha value is -1.75. The fourth-order valence-electron chi connectivity index (χ4n) is 4.58. The number of amides is 1. The zero-order chi connectivity index (χ0) is 19.2. The van der Waals surface area contributed by atoms with E-state index in [9.17, 15) is 4.79 Å². The van der Waals surface area contributed by atoms with Crippen LogP contribution in [0.25, 0.3) is 0 Å². The zero-order valence-electron chi connectivity index (χ0n) is 17.1. The summed E-state index contributed by atoms with van der Waals surface area (Å²) in [5.74, 6) is 2.48. The summed E-state index contributed by atoms with van der Waals surface area (Å²) in [5.41, 5.74) is 1.28. The fraction of sp³-hybridized carbons (Fsp3) is 0.682. The van der Waals surface area contributed by atoms with Crippen LogP contribution in [-0.2, 0) is 4.79 Å². The zero-order valence-corrected chi connectivity index (χ0v) is 17.1. The molecule has 0 spiro atoms. The third-order valence-electron chi connectivity index (χ3n) is 6.19. The molecule has 1 amide bonds. The third-order valence-corrected chi connectivity index (χ3v) is 6.19. The molecule has 2 saturated heterocycles. The SMILES string of the molecule is CC[C@@H](c1ccc(OC)c(OC)c1)N1CCC(CC(=O)N2CCCC2)CC1. The Morgan fingerprint density at radius 2 is 1.74 bits per heavy atom. The van der Waals surface area contributed by atoms with Gasteiger partial charge in [0.25, 0.3) is 0 Å². The summed E-state index contributed by atoms with van der Waals surface area (Å²) in [4.78, 5) is 17.1. The van der Waals surface area contributed by atoms with Crippen LogP contribution in [0.2, 0.25) is 0 Å². The maximum atomic E-state index is 12.4. The van der Waals surface area contributed by atoms with Crippen molar-refractivity contribution in [2.24, 2.45) is 5.92 Å². The van der Waals surface area contributed by atoms with Gasteiger partial charge in [0.05, 0.1) is 14.2 Å². The van der Waals surface area contributed by atoms with Crippen LogP contribution in [0.4, 0.5) is 0 Å². The Bertz CT molecular complexity index is 620. The number of hydrogen-bond donors (Lipinski definition) is 0. The van der Waals surface area contributed by atoms with E-state index in [4.69, 9.17) is 9.47 Å². The molecule has 150 valence electrons. The molecule has 0 N–H and O–H groups in total. The number of likely N-dealkylation sites (tertiary alicyclic amines) is 2. The van der Waals surface area contributed by atoms with E-state index in [2.05, 4.69) is 28.9 Å². The molecule has 2 fully saturated rings. The first kappa shape index (κ1) is 20.0. The van der Waals surface area contributed by atoms with Gasteiger partial charge in [-0.3, -0.25) is 9.69 Å². The molecule has 5 nitrogen and oxygen atoms in total. The van der Waals surface area contributed by atoms with Gasteiger partial charge in [0.1, 0.15) is 0 Å². The summed E-state index contributed by atoms with van der Waals surface area (Å²) in [6, 6.07) is 6.65. The predicted octanol–water partition coefficient (Wildman–Crippen LogP) is 3.88. The highest BCUT2D eigenvalue weighted by Crippen LogP contribution is 2.35. The summed E-state index contributed by atoms with van der Waals surface area (Å²) < 4.78 is 10.9. The van der Waals surface area contributed by atoms with Gasteiger partial charge in [0, 0.05) is 25.6 Å². The van der Waals surface area contributed by atoms with E-state index in [-0.39, 0.29) is 0 Å². The van der Waals surface area contributed by atoms with Gasteiger partial charge in [-0.15, -0.1) is 0 Å². The van der Waals surface area contributed by atoms with Gasteiger partial charge in [0.15, 0.2) is 11.5 Å². The smallest absolute Gasteiger partial charge is 0.222 e. The van der Waals surface area contributed by atoms with Crippen LogP contribution in [0, 0.1) is 5.92 Å². The molecule has 0 bridgehead atoms. The fourth-order valence-corrected chi connectivity index (χ4v) is 4.58. The molecule has 2 heterocycles. The van der Waals surface area contributed by atoms with Crippen molar-refractivity contribution in [1.82, 2.24) is 9.80 Å². The molecule has 0 saturated carbocycles. The van der Waals surface area contributed by atoms with E-state index in [0.717, 1.165) is 63.4 Å². The second-order valence-electron chi connectivity index (χ2n) is 7.81. The number of hydrogen-bond acceptors (Lipinski definition) is 4. The number of carbonyl (C=O) groups is 1. The number of piperidine rings is 1. The minimum atomic E-state index is 0.373. The molecule has 2 aliphatic heterocycles. The van der Waals surface area contributed by atoms with E-state index in [1.165, 1.54) is 18.4 Å². The number of carbonyl (C=O) groups excluding carboxylic acids is 1. The number of nitrogens with zero attached hydrogens (tertiary/aromatic N) is 2. The molecular formula is C22H34N2O3. The molecule has 1 atom stereocenters. The van der Waals surface area contributed by atoms with Crippen molar-refractivity contribution in [3.05, 3.63) is 23.8 Å². The average Bonchev–Trinajstić information content (AvgIpc) is 3.24. The minimum absolute atomic E-state index is 0.373. The van der Waals surface area contributed by atoms with Crippen molar-refractivity contribution in [3.63, 3.8) is 0 Å². The lowest BCUT2D eigenvalue weighted by atomic mass is 9.90. The Balaban J connectivity index is 1.57. The molecule has 27 heavy (non-hydrogen) atoms. The number of ether oxygens (including phenoxy) is 2. The van der Waals surface area contributed by atoms with Crippen molar-refractivity contribution in [2.45, 2.75) is 51.5 Å². The number of benzene rings is 1. The van der Waals surface area contributed by atoms with E-state index in [1.807, 2.05) is 6.07 Å². The highest BCUT2D eigenvalue weighted by Gasteiger charge is 2.28. The van der Waals surface area contributed by atoms with Gasteiger partial charge >= 0.3 is 0 Å². The Morgan fingerprint density at radius 1 is 1.07 bits per heavy atom. The topological polar surface area (TPSA) is 42.0 Å². The summed E-state index contributed by atoms with van der Waals surface area (Å²) in [5, 5.41) is 0. The van der Waals surface area contributed by atoms with Crippen molar-refractivity contribution < 1.29 is 14.3 Å². The first-order valence-electron chi connectivity index (χ1n) is 10.4. The lowest BCUT2D eigenvalue weighted by molar-refractivity contribution is -0.131. The largest absolute Gasteiger partial charge is 0.493 e. The van der Waals surface area contributed by atoms with Crippen molar-refractivity contribution >= 4 is 5.91 Å². The lowest BCUT2D eigenvalue weighted by Crippen LogP contribution is -2.38. The van der Waals surface area contributed by atoms with Crippen LogP contribution >= 0.6 is 0 Å². The molecule has 0 unspecified atom stereocenters. The quantitative estimate of drug-likeness (QED) is 0.726. The lowest BCUT2D eigenvalue weighted by Gasteiger charge is -2.38. The monoisotopic (exact) mass is 374 g/mol. The average molecular weight is 375 g/mol. The first-order chi connectivity index (χ1) is 13.2. The van der Waals surface area contributed by atoms with Crippen molar-refractivity contribution in [1.29, 1.82) is 0 Å². The highest BCUT2D eigenvalue weighted by molar-refractivity contribution is 5.76. The highest BCUT2D eigenvalue weighted by atomic mass is 16.5. The second-order valence-corrected chi connectivity index (χ2v) is 7.81. The van der Waals surface area contributed by atoms with Gasteiger partial charge in [-0.1, -0.05) is 13.0 Å². The Kier molecular flexibility index (Phi) is 7.00. The molecule has 1 aromatic rings.